The van der Waals surface area contributed by atoms with Crippen molar-refractivity contribution in [3.63, 3.8) is 0 Å². The Kier molecular flexibility index (Phi) is 3.26. The first-order valence-corrected chi connectivity index (χ1v) is 5.22. The molecular formula is C11H18N2O3. The number of carbonyl (C=O) groups excluding carboxylic acids is 1. The summed E-state index contributed by atoms with van der Waals surface area (Å²) in [6.45, 7) is 6.10. The molecule has 0 aromatic rings. The Morgan fingerprint density at radius 1 is 1.50 bits per heavy atom. The van der Waals surface area contributed by atoms with Crippen molar-refractivity contribution in [3.8, 4) is 0 Å². The van der Waals surface area contributed by atoms with Gasteiger partial charge in [0.05, 0.1) is 0 Å². The fourth-order valence-electron chi connectivity index (χ4n) is 1.92. The van der Waals surface area contributed by atoms with Gasteiger partial charge in [-0.3, -0.25) is 4.79 Å². The second-order valence-corrected chi connectivity index (χ2v) is 5.11. The van der Waals surface area contributed by atoms with Gasteiger partial charge in [-0.05, 0) is 11.8 Å². The van der Waals surface area contributed by atoms with Crippen LogP contribution in [0.2, 0.25) is 0 Å². The minimum absolute atomic E-state index is 0.211. The summed E-state index contributed by atoms with van der Waals surface area (Å²) in [5.74, 6) is -0.459. The molecule has 16 heavy (non-hydrogen) atoms. The van der Waals surface area contributed by atoms with E-state index >= 15 is 0 Å². The van der Waals surface area contributed by atoms with Crippen molar-refractivity contribution in [1.82, 2.24) is 4.90 Å². The summed E-state index contributed by atoms with van der Waals surface area (Å²) in [4.78, 5) is 23.5. The molecule has 0 aromatic heterocycles. The number of primary amides is 1. The maximum absolute atomic E-state index is 11.1. The van der Waals surface area contributed by atoms with Crippen molar-refractivity contribution in [1.29, 1.82) is 0 Å². The quantitative estimate of drug-likeness (QED) is 0.704. The summed E-state index contributed by atoms with van der Waals surface area (Å²) in [6.07, 6.45) is 1.03. The molecular weight excluding hydrogens is 208 g/mol. The van der Waals surface area contributed by atoms with Crippen LogP contribution in [0.15, 0.2) is 11.6 Å². The zero-order chi connectivity index (χ0) is 12.5. The van der Waals surface area contributed by atoms with E-state index in [9.17, 15) is 9.59 Å². The first-order valence-electron chi connectivity index (χ1n) is 5.22. The number of nitrogens with two attached hydrogens (primary N) is 1. The number of hydrogen-bond acceptors (Lipinski definition) is 2. The lowest BCUT2D eigenvalue weighted by Gasteiger charge is -2.40. The van der Waals surface area contributed by atoms with Gasteiger partial charge in [0.15, 0.2) is 0 Å². The van der Waals surface area contributed by atoms with E-state index in [0.717, 1.165) is 0 Å². The molecule has 0 bridgehead atoms. The van der Waals surface area contributed by atoms with Crippen LogP contribution in [0.25, 0.3) is 0 Å². The second kappa shape index (κ2) is 4.15. The summed E-state index contributed by atoms with van der Waals surface area (Å²) < 4.78 is 0. The third-order valence-electron chi connectivity index (χ3n) is 2.89. The fraction of sp³-hybridized carbons (Fsp3) is 0.636. The van der Waals surface area contributed by atoms with Crippen molar-refractivity contribution >= 4 is 12.0 Å². The van der Waals surface area contributed by atoms with Crippen LogP contribution >= 0.6 is 0 Å². The van der Waals surface area contributed by atoms with Crippen molar-refractivity contribution in [2.75, 3.05) is 6.54 Å². The van der Waals surface area contributed by atoms with Crippen LogP contribution in [0, 0.1) is 5.41 Å². The predicted molar refractivity (Wildman–Crippen MR) is 59.9 cm³/mol. The highest BCUT2D eigenvalue weighted by atomic mass is 16.4. The fourth-order valence-corrected chi connectivity index (χ4v) is 1.92. The molecule has 0 aliphatic carbocycles. The van der Waals surface area contributed by atoms with E-state index in [1.165, 1.54) is 4.90 Å². The van der Waals surface area contributed by atoms with Crippen LogP contribution in [0.1, 0.15) is 27.2 Å². The van der Waals surface area contributed by atoms with E-state index in [1.807, 2.05) is 20.8 Å². The van der Waals surface area contributed by atoms with Gasteiger partial charge in [-0.15, -0.1) is 0 Å². The lowest BCUT2D eigenvalue weighted by atomic mass is 9.80. The van der Waals surface area contributed by atoms with Gasteiger partial charge in [-0.2, -0.15) is 0 Å². The van der Waals surface area contributed by atoms with Gasteiger partial charge in [0.2, 0.25) is 5.91 Å². The van der Waals surface area contributed by atoms with Crippen molar-refractivity contribution in [2.45, 2.75) is 33.2 Å². The third kappa shape index (κ3) is 2.53. The van der Waals surface area contributed by atoms with Crippen LogP contribution < -0.4 is 5.73 Å². The van der Waals surface area contributed by atoms with Gasteiger partial charge in [0.25, 0.3) is 0 Å². The molecule has 0 spiro atoms. The third-order valence-corrected chi connectivity index (χ3v) is 2.89. The molecule has 3 N–H and O–H groups in total. The van der Waals surface area contributed by atoms with Gasteiger partial charge in [-0.1, -0.05) is 26.8 Å². The van der Waals surface area contributed by atoms with Crippen molar-refractivity contribution < 1.29 is 14.7 Å². The number of rotatable bonds is 1. The van der Waals surface area contributed by atoms with Crippen LogP contribution in [0.4, 0.5) is 4.79 Å². The van der Waals surface area contributed by atoms with Crippen LogP contribution in [0.5, 0.6) is 0 Å². The van der Waals surface area contributed by atoms with Crippen molar-refractivity contribution in [2.24, 2.45) is 11.1 Å². The summed E-state index contributed by atoms with van der Waals surface area (Å²) in [6, 6.07) is -0.211. The first-order chi connectivity index (χ1) is 7.23. The number of nitrogens with zero attached hydrogens (tertiary/aromatic N) is 1. The molecule has 2 amide bonds. The summed E-state index contributed by atoms with van der Waals surface area (Å²) in [5.41, 5.74) is 5.53. The van der Waals surface area contributed by atoms with E-state index in [4.69, 9.17) is 10.8 Å². The topological polar surface area (TPSA) is 83.6 Å². The molecule has 0 fully saturated rings. The molecule has 0 saturated carbocycles. The van der Waals surface area contributed by atoms with Crippen LogP contribution in [-0.2, 0) is 4.79 Å². The molecule has 1 atom stereocenters. The highest BCUT2D eigenvalue weighted by Gasteiger charge is 2.36. The smallest absolute Gasteiger partial charge is 0.407 e. The minimum atomic E-state index is -0.959. The molecule has 0 saturated heterocycles. The minimum Gasteiger partial charge on any atom is -0.465 e. The second-order valence-electron chi connectivity index (χ2n) is 5.11. The summed E-state index contributed by atoms with van der Waals surface area (Å²) >= 11 is 0. The Morgan fingerprint density at radius 3 is 2.44 bits per heavy atom. The molecule has 90 valence electrons. The Morgan fingerprint density at radius 2 is 2.06 bits per heavy atom. The first kappa shape index (κ1) is 12.5. The number of amides is 2. The average Bonchev–Trinajstić information content (AvgIpc) is 2.15. The largest absolute Gasteiger partial charge is 0.465 e. The molecule has 1 heterocycles. The van der Waals surface area contributed by atoms with E-state index < -0.39 is 12.0 Å². The van der Waals surface area contributed by atoms with Crippen molar-refractivity contribution in [3.05, 3.63) is 11.6 Å². The van der Waals surface area contributed by atoms with Crippen LogP contribution in [0.3, 0.4) is 0 Å². The number of hydrogen-bond donors (Lipinski definition) is 2. The average molecular weight is 226 g/mol. The zero-order valence-electron chi connectivity index (χ0n) is 9.86. The molecule has 5 nitrogen and oxygen atoms in total. The molecule has 1 aliphatic rings. The number of carboxylic acid groups (broad SMARTS) is 1. The van der Waals surface area contributed by atoms with Gasteiger partial charge in [0.1, 0.15) is 0 Å². The maximum Gasteiger partial charge on any atom is 0.407 e. The maximum atomic E-state index is 11.1. The Balaban J connectivity index is 2.98. The van der Waals surface area contributed by atoms with E-state index in [1.54, 1.807) is 6.08 Å². The zero-order valence-corrected chi connectivity index (χ0v) is 9.86. The molecule has 1 aliphatic heterocycles. The summed E-state index contributed by atoms with van der Waals surface area (Å²) in [5, 5.41) is 9.08. The molecule has 1 unspecified atom stereocenters. The van der Waals surface area contributed by atoms with Crippen LogP contribution in [-0.4, -0.2) is 34.6 Å². The SMILES string of the molecule is CC(C)(C)C1CC(C(N)=O)=CCN1C(=O)O. The monoisotopic (exact) mass is 226 g/mol. The Labute approximate surface area is 94.9 Å². The lowest BCUT2D eigenvalue weighted by molar-refractivity contribution is -0.115. The predicted octanol–water partition coefficient (Wildman–Crippen LogP) is 1.20. The Hall–Kier alpha value is -1.52. The molecule has 1 rings (SSSR count). The summed E-state index contributed by atoms with van der Waals surface area (Å²) in [7, 11) is 0. The lowest BCUT2D eigenvalue weighted by Crippen LogP contribution is -2.50. The van der Waals surface area contributed by atoms with Gasteiger partial charge in [0, 0.05) is 18.2 Å². The normalized spacial score (nSPS) is 21.6. The van der Waals surface area contributed by atoms with E-state index in [0.29, 0.717) is 12.0 Å². The highest BCUT2D eigenvalue weighted by Crippen LogP contribution is 2.32. The van der Waals surface area contributed by atoms with E-state index in [-0.39, 0.29) is 18.0 Å². The van der Waals surface area contributed by atoms with Gasteiger partial charge < -0.3 is 15.7 Å². The molecule has 0 aromatic carbocycles. The Bertz CT molecular complexity index is 342. The molecule has 5 heteroatoms. The van der Waals surface area contributed by atoms with Gasteiger partial charge in [-0.25, -0.2) is 4.79 Å². The highest BCUT2D eigenvalue weighted by molar-refractivity contribution is 5.92. The molecule has 0 radical (unpaired) electrons. The standard InChI is InChI=1S/C11H18N2O3/c1-11(2,3)8-6-7(9(12)14)4-5-13(8)10(15)16/h4,8H,5-6H2,1-3H3,(H2,12,14)(H,15,16). The van der Waals surface area contributed by atoms with Gasteiger partial charge >= 0.3 is 6.09 Å². The van der Waals surface area contributed by atoms with E-state index in [2.05, 4.69) is 0 Å². The number of carbonyl (C=O) groups is 2.